The summed E-state index contributed by atoms with van der Waals surface area (Å²) in [7, 11) is 0. The van der Waals surface area contributed by atoms with E-state index in [0.717, 1.165) is 37.2 Å². The van der Waals surface area contributed by atoms with Gasteiger partial charge in [-0.1, -0.05) is 36.8 Å². The fourth-order valence-electron chi connectivity index (χ4n) is 7.41. The summed E-state index contributed by atoms with van der Waals surface area (Å²) < 4.78 is 6.64. The van der Waals surface area contributed by atoms with Crippen molar-refractivity contribution in [2.75, 3.05) is 13.1 Å². The Balaban J connectivity index is 1.06. The molecule has 3 atom stereocenters. The number of carbonyl (C=O) groups is 3. The summed E-state index contributed by atoms with van der Waals surface area (Å²) in [6, 6.07) is 17.0. The van der Waals surface area contributed by atoms with Crippen molar-refractivity contribution in [2.24, 2.45) is 5.92 Å². The van der Waals surface area contributed by atoms with Gasteiger partial charge in [-0.3, -0.25) is 24.6 Å². The highest BCUT2D eigenvalue weighted by Crippen LogP contribution is 2.49. The van der Waals surface area contributed by atoms with Gasteiger partial charge in [-0.2, -0.15) is 0 Å². The van der Waals surface area contributed by atoms with E-state index in [0.29, 0.717) is 36.9 Å². The van der Waals surface area contributed by atoms with Gasteiger partial charge in [0, 0.05) is 30.6 Å². The van der Waals surface area contributed by atoms with E-state index in [9.17, 15) is 14.4 Å². The van der Waals surface area contributed by atoms with Gasteiger partial charge in [0.1, 0.15) is 17.4 Å². The first-order valence-corrected chi connectivity index (χ1v) is 13.8. The van der Waals surface area contributed by atoms with E-state index in [-0.39, 0.29) is 29.7 Å². The smallest absolute Gasteiger partial charge is 0.255 e. The number of hydrogen-bond donors (Lipinski definition) is 1. The molecule has 192 valence electrons. The molecule has 0 spiro atoms. The van der Waals surface area contributed by atoms with E-state index in [1.165, 1.54) is 24.8 Å². The minimum Gasteiger partial charge on any atom is -0.489 e. The van der Waals surface area contributed by atoms with Crippen molar-refractivity contribution in [1.82, 2.24) is 15.1 Å². The highest BCUT2D eigenvalue weighted by molar-refractivity contribution is 6.10. The molecule has 8 rings (SSSR count). The zero-order valence-corrected chi connectivity index (χ0v) is 21.0. The average molecular weight is 500 g/mol. The molecule has 2 saturated carbocycles. The van der Waals surface area contributed by atoms with Crippen LogP contribution in [0.5, 0.6) is 5.75 Å². The molecule has 5 fully saturated rings. The number of hydrogen-bond acceptors (Lipinski definition) is 5. The Labute approximate surface area is 217 Å². The van der Waals surface area contributed by atoms with E-state index in [1.54, 1.807) is 4.90 Å². The molecule has 37 heavy (non-hydrogen) atoms. The molecule has 2 aromatic rings. The molecule has 2 bridgehead atoms. The molecule has 6 aliphatic rings. The Morgan fingerprint density at radius 1 is 0.919 bits per heavy atom. The zero-order valence-electron chi connectivity index (χ0n) is 21.0. The van der Waals surface area contributed by atoms with Gasteiger partial charge in [-0.15, -0.1) is 0 Å². The molecule has 3 amide bonds. The number of nitrogens with zero attached hydrogens (tertiary/aromatic N) is 2. The van der Waals surface area contributed by atoms with Gasteiger partial charge in [0.05, 0.1) is 0 Å². The molecular weight excluding hydrogens is 466 g/mol. The second-order valence-corrected chi connectivity index (χ2v) is 11.6. The summed E-state index contributed by atoms with van der Waals surface area (Å²) in [6.07, 6.45) is 6.79. The van der Waals surface area contributed by atoms with Crippen molar-refractivity contribution >= 4 is 17.7 Å². The maximum atomic E-state index is 13.2. The molecule has 0 unspecified atom stereocenters. The van der Waals surface area contributed by atoms with Gasteiger partial charge in [0.2, 0.25) is 5.91 Å². The van der Waals surface area contributed by atoms with E-state index < -0.39 is 5.54 Å². The molecule has 0 aromatic heterocycles. The number of nitrogens with one attached hydrogen (secondary N) is 1. The lowest BCUT2D eigenvalue weighted by Crippen LogP contribution is -2.73. The molecular formula is C30H33N3O4. The largest absolute Gasteiger partial charge is 0.489 e. The van der Waals surface area contributed by atoms with E-state index in [4.69, 9.17) is 4.74 Å². The summed E-state index contributed by atoms with van der Waals surface area (Å²) >= 11 is 0. The molecule has 2 aliphatic carbocycles. The lowest BCUT2D eigenvalue weighted by atomic mass is 9.63. The van der Waals surface area contributed by atoms with Crippen LogP contribution in [0.25, 0.3) is 0 Å². The van der Waals surface area contributed by atoms with E-state index >= 15 is 0 Å². The van der Waals surface area contributed by atoms with Crippen LogP contribution in [0.3, 0.4) is 0 Å². The first kappa shape index (κ1) is 23.0. The Bertz CT molecular complexity index is 1250. The molecule has 2 aromatic carbocycles. The molecule has 4 aliphatic heterocycles. The third kappa shape index (κ3) is 3.69. The van der Waals surface area contributed by atoms with E-state index in [1.807, 2.05) is 18.2 Å². The zero-order chi connectivity index (χ0) is 25.1. The van der Waals surface area contributed by atoms with Crippen molar-refractivity contribution in [3.05, 3.63) is 65.2 Å². The molecule has 7 nitrogen and oxygen atoms in total. The number of fused-ring (bicyclic) bond motifs is 3. The maximum Gasteiger partial charge on any atom is 0.255 e. The van der Waals surface area contributed by atoms with Crippen LogP contribution in [0.2, 0.25) is 0 Å². The SMILES string of the molecule is O=C1NC(=O)C2(N3Cc4cc(O[C@H]5CCCC[C@H]5N5CC[C@@H](c6ccccc6)C5)ccc4C3=O)CC1C2. The number of benzene rings is 2. The maximum absolute atomic E-state index is 13.2. The fraction of sp³-hybridized carbons (Fsp3) is 0.500. The number of amides is 3. The first-order valence-electron chi connectivity index (χ1n) is 13.8. The van der Waals surface area contributed by atoms with Crippen molar-refractivity contribution in [3.63, 3.8) is 0 Å². The fourth-order valence-corrected chi connectivity index (χ4v) is 7.41. The van der Waals surface area contributed by atoms with Crippen molar-refractivity contribution in [3.8, 4) is 5.75 Å². The number of rotatable bonds is 5. The standard InChI is InChI=1S/C30H33N3O4/c34-27-22-15-30(16-22,29(36)31-27)33-18-21-14-23(10-11-24(21)28(33)35)37-26-9-5-4-8-25(26)32-13-12-20(17-32)19-6-2-1-3-7-19/h1-3,6-7,10-11,14,20,22,25-26H,4-5,8-9,12-13,15-18H2,(H,31,34,36)/t20-,22?,25-,26+,30?/m1/s1. The number of imide groups is 1. The second-order valence-electron chi connectivity index (χ2n) is 11.6. The van der Waals surface area contributed by atoms with Crippen LogP contribution in [0.1, 0.15) is 72.3 Å². The minimum absolute atomic E-state index is 0.121. The normalized spacial score (nSPS) is 33.2. The highest BCUT2D eigenvalue weighted by Gasteiger charge is 2.63. The number of piperidine rings is 2. The molecule has 3 saturated heterocycles. The van der Waals surface area contributed by atoms with Crippen molar-refractivity contribution < 1.29 is 19.1 Å². The lowest BCUT2D eigenvalue weighted by molar-refractivity contribution is -0.160. The molecule has 1 N–H and O–H groups in total. The number of ether oxygens (including phenoxy) is 1. The third-order valence-electron chi connectivity index (χ3n) is 9.51. The van der Waals surface area contributed by atoms with Gasteiger partial charge in [0.15, 0.2) is 0 Å². The summed E-state index contributed by atoms with van der Waals surface area (Å²) in [4.78, 5) is 42.1. The van der Waals surface area contributed by atoms with Gasteiger partial charge >= 0.3 is 0 Å². The van der Waals surface area contributed by atoms with Crippen LogP contribution in [0, 0.1) is 5.92 Å². The Kier molecular flexibility index (Phi) is 5.39. The Hall–Kier alpha value is -3.19. The van der Waals surface area contributed by atoms with Gasteiger partial charge in [0.25, 0.3) is 11.8 Å². The quantitative estimate of drug-likeness (QED) is 0.636. The van der Waals surface area contributed by atoms with Crippen molar-refractivity contribution in [1.29, 1.82) is 0 Å². The topological polar surface area (TPSA) is 79.0 Å². The lowest BCUT2D eigenvalue weighted by Gasteiger charge is -2.53. The van der Waals surface area contributed by atoms with Crippen LogP contribution < -0.4 is 10.1 Å². The van der Waals surface area contributed by atoms with Crippen LogP contribution in [-0.4, -0.2) is 58.3 Å². The Morgan fingerprint density at radius 2 is 1.73 bits per heavy atom. The second kappa shape index (κ2) is 8.69. The first-order chi connectivity index (χ1) is 18.0. The predicted octanol–water partition coefficient (Wildman–Crippen LogP) is 3.63. The van der Waals surface area contributed by atoms with Gasteiger partial charge in [-0.05, 0) is 80.3 Å². The highest BCUT2D eigenvalue weighted by atomic mass is 16.5. The number of likely N-dealkylation sites (tertiary alicyclic amines) is 1. The summed E-state index contributed by atoms with van der Waals surface area (Å²) in [5.74, 6) is 0.561. The number of carbonyl (C=O) groups excluding carboxylic acids is 3. The summed E-state index contributed by atoms with van der Waals surface area (Å²) in [5.41, 5.74) is 2.09. The monoisotopic (exact) mass is 499 g/mol. The minimum atomic E-state index is -0.880. The summed E-state index contributed by atoms with van der Waals surface area (Å²) in [5, 5.41) is 2.45. The van der Waals surface area contributed by atoms with Crippen LogP contribution >= 0.6 is 0 Å². The van der Waals surface area contributed by atoms with Gasteiger partial charge < -0.3 is 9.64 Å². The summed E-state index contributed by atoms with van der Waals surface area (Å²) in [6.45, 7) is 2.57. The molecule has 0 radical (unpaired) electrons. The van der Waals surface area contributed by atoms with Crippen LogP contribution in [0.4, 0.5) is 0 Å². The van der Waals surface area contributed by atoms with Crippen LogP contribution in [-0.2, 0) is 16.1 Å². The van der Waals surface area contributed by atoms with Crippen molar-refractivity contribution in [2.45, 2.75) is 75.1 Å². The van der Waals surface area contributed by atoms with Gasteiger partial charge in [-0.25, -0.2) is 0 Å². The Morgan fingerprint density at radius 3 is 2.54 bits per heavy atom. The average Bonchev–Trinajstić information content (AvgIpc) is 3.50. The molecule has 4 heterocycles. The third-order valence-corrected chi connectivity index (χ3v) is 9.51. The molecule has 7 heteroatoms. The van der Waals surface area contributed by atoms with Crippen LogP contribution in [0.15, 0.2) is 48.5 Å². The predicted molar refractivity (Wildman–Crippen MR) is 137 cm³/mol. The van der Waals surface area contributed by atoms with E-state index in [2.05, 4.69) is 40.5 Å².